The largest absolute Gasteiger partial charge is 0.487 e. The molecule has 516 valence electrons. The minimum absolute atomic E-state index is 0.00799. The lowest BCUT2D eigenvalue weighted by Crippen LogP contribution is -2.49. The van der Waals surface area contributed by atoms with Gasteiger partial charge < -0.3 is 95.1 Å². The van der Waals surface area contributed by atoms with Gasteiger partial charge in [0.2, 0.25) is 16.4 Å². The lowest BCUT2D eigenvalue weighted by molar-refractivity contribution is -0.181. The monoisotopic (exact) mass is 1460 g/mol. The number of aliphatic hydroxyl groups is 1. The predicted molar refractivity (Wildman–Crippen MR) is 315 cm³/mol. The van der Waals surface area contributed by atoms with Crippen molar-refractivity contribution in [3.63, 3.8) is 0 Å². The normalized spacial score (nSPS) is 45.1. The average Bonchev–Trinajstić information content (AvgIpc) is 1.59. The van der Waals surface area contributed by atoms with E-state index in [1.165, 1.54) is 12.2 Å². The Morgan fingerprint density at radius 2 is 0.892 bits per heavy atom. The Hall–Kier alpha value is -3.99. The van der Waals surface area contributed by atoms with Crippen LogP contribution in [0.2, 0.25) is 0 Å². The maximum atomic E-state index is 12.1. The van der Waals surface area contributed by atoms with Gasteiger partial charge in [0.25, 0.3) is 0 Å². The van der Waals surface area contributed by atoms with Gasteiger partial charge in [-0.3, -0.25) is 19.2 Å². The molecular formula is C62H79Br2ClO28. The zero-order chi connectivity index (χ0) is 67.2. The molecule has 16 fully saturated rings. The molecule has 10 bridgehead atoms. The first-order valence-corrected chi connectivity index (χ1v) is 33.9. The van der Waals surface area contributed by atoms with Gasteiger partial charge in [-0.2, -0.15) is 0 Å². The minimum Gasteiger partial charge on any atom is -0.487 e. The molecule has 0 amide bonds. The standard InChI is InChI=1S/C14H18O6.C12H15BrO6.C12H16O5.C12H14O5.C10H14O5.C2H2BrClO/c1-4-5-10(15)19-14-6-8(17-12(14)16)11-9(7-14)18-13(2,3)20-11;1-11(2)17-7-4-12(18-8(14)5-13)3-6(9(7)19-11)16-10(12)15;2*1-11(2)15-7-5-12-4-6(10(7)17-11)14-8(12)3-9(13)16-12;1-9(2)14-6-4-10(12)3-5(7(6)15-9)13-8(10)11;3-1-2(4)5/h4,8-9,11H,1,5-7H2,2-3H3;6-7,9H,3-5H2,1-2H3;6-8,10H,3-5H2,1-2H3;3,6-7,10H,4-5H2,1-2H3;5-7,12H,3-4H2,1-2H3;1H2/t8-,9-,11?,14-;6-,7-,9?,12-;6-,7-,8+,10?,12-;6-,7-,10?,12-;5-,6-,7?,10-;/m11111./s1. The average molecular weight is 1470 g/mol. The van der Waals surface area contributed by atoms with Crippen LogP contribution in [0.1, 0.15) is 146 Å². The Morgan fingerprint density at radius 3 is 1.37 bits per heavy atom. The number of carbonyl (C=O) groups is 8. The maximum Gasteiger partial charge on any atom is 0.351 e. The van der Waals surface area contributed by atoms with Gasteiger partial charge >= 0.3 is 41.8 Å². The van der Waals surface area contributed by atoms with Crippen LogP contribution < -0.4 is 0 Å². The van der Waals surface area contributed by atoms with Gasteiger partial charge in [0.1, 0.15) is 77.7 Å². The van der Waals surface area contributed by atoms with Crippen molar-refractivity contribution >= 4 is 90.5 Å². The summed E-state index contributed by atoms with van der Waals surface area (Å²) in [5.41, 5.74) is -4.80. The number of rotatable bonds is 6. The number of fused-ring (bicyclic) bond motifs is 18. The first kappa shape index (κ1) is 68.9. The smallest absolute Gasteiger partial charge is 0.351 e. The molecule has 28 nitrogen and oxygen atoms in total. The van der Waals surface area contributed by atoms with E-state index in [1.807, 2.05) is 69.2 Å². The lowest BCUT2D eigenvalue weighted by Gasteiger charge is -2.34. The van der Waals surface area contributed by atoms with Gasteiger partial charge in [0.05, 0.1) is 60.9 Å². The molecule has 12 heterocycles. The van der Waals surface area contributed by atoms with E-state index in [0.29, 0.717) is 50.7 Å². The second kappa shape index (κ2) is 24.2. The van der Waals surface area contributed by atoms with Gasteiger partial charge in [0.15, 0.2) is 40.1 Å². The van der Waals surface area contributed by atoms with Crippen LogP contribution in [0.3, 0.4) is 0 Å². The molecule has 0 aromatic heterocycles. The van der Waals surface area contributed by atoms with E-state index in [0.717, 1.165) is 6.42 Å². The molecule has 11 saturated heterocycles. The van der Waals surface area contributed by atoms with Crippen LogP contribution in [0.5, 0.6) is 0 Å². The Balaban J connectivity index is 0.000000110. The highest BCUT2D eigenvalue weighted by molar-refractivity contribution is 9.09. The van der Waals surface area contributed by atoms with Gasteiger partial charge in [0, 0.05) is 64.2 Å². The molecule has 17 rings (SSSR count). The van der Waals surface area contributed by atoms with Crippen molar-refractivity contribution in [2.75, 3.05) is 10.7 Å². The van der Waals surface area contributed by atoms with Gasteiger partial charge in [-0.25, -0.2) is 19.2 Å². The van der Waals surface area contributed by atoms with Crippen LogP contribution >= 0.6 is 43.5 Å². The van der Waals surface area contributed by atoms with Gasteiger partial charge in [-0.15, -0.1) is 6.58 Å². The summed E-state index contributed by atoms with van der Waals surface area (Å²) in [4.78, 5) is 90.9. The lowest BCUT2D eigenvalue weighted by atomic mass is 9.80. The first-order chi connectivity index (χ1) is 43.3. The van der Waals surface area contributed by atoms with Crippen LogP contribution in [-0.2, 0) is 128 Å². The number of hydrogen-bond acceptors (Lipinski definition) is 28. The summed E-state index contributed by atoms with van der Waals surface area (Å²) in [6.07, 6.45) is 4.85. The fourth-order valence-electron chi connectivity index (χ4n) is 16.1. The molecule has 17 aliphatic rings. The zero-order valence-electron chi connectivity index (χ0n) is 53.1. The van der Waals surface area contributed by atoms with Crippen molar-refractivity contribution in [1.29, 1.82) is 0 Å². The molecule has 0 radical (unpaired) electrons. The molecule has 0 aromatic carbocycles. The fraction of sp³-hybridized carbons (Fsp3) is 0.806. The third kappa shape index (κ3) is 13.3. The van der Waals surface area contributed by atoms with E-state index in [2.05, 4.69) is 38.4 Å². The van der Waals surface area contributed by atoms with Crippen LogP contribution in [0.25, 0.3) is 0 Å². The van der Waals surface area contributed by atoms with Crippen molar-refractivity contribution in [3.8, 4) is 0 Å². The summed E-state index contributed by atoms with van der Waals surface area (Å²) in [5.74, 6) is -5.48. The van der Waals surface area contributed by atoms with Crippen LogP contribution in [-0.4, -0.2) is 217 Å². The van der Waals surface area contributed by atoms with Crippen LogP contribution in [0.15, 0.2) is 24.5 Å². The molecule has 31 heteroatoms. The summed E-state index contributed by atoms with van der Waals surface area (Å²) in [5, 5.41) is 9.93. The van der Waals surface area contributed by atoms with E-state index < -0.39 is 99.0 Å². The number of esters is 7. The first-order valence-electron chi connectivity index (χ1n) is 31.3. The Morgan fingerprint density at radius 1 is 0.516 bits per heavy atom. The van der Waals surface area contributed by atoms with Gasteiger partial charge in [-0.1, -0.05) is 37.9 Å². The second-order valence-corrected chi connectivity index (χ2v) is 30.2. The molecule has 1 N–H and O–H groups in total. The minimum atomic E-state index is -1.35. The summed E-state index contributed by atoms with van der Waals surface area (Å²) in [6.45, 7) is 22.0. The highest BCUT2D eigenvalue weighted by atomic mass is 79.9. The highest BCUT2D eigenvalue weighted by Crippen LogP contribution is 2.56. The Labute approximate surface area is 557 Å². The maximum absolute atomic E-state index is 12.1. The molecule has 5 aliphatic carbocycles. The second-order valence-electron chi connectivity index (χ2n) is 28.6. The molecule has 93 heavy (non-hydrogen) atoms. The molecule has 5 unspecified atom stereocenters. The van der Waals surface area contributed by atoms with Gasteiger partial charge in [-0.05, 0) is 80.8 Å². The molecule has 0 aromatic rings. The molecule has 2 spiro atoms. The quantitative estimate of drug-likeness (QED) is 0.124. The predicted octanol–water partition coefficient (Wildman–Crippen LogP) is 4.72. The van der Waals surface area contributed by atoms with Crippen LogP contribution in [0, 0.1) is 0 Å². The Bertz CT molecular complexity index is 3100. The molecule has 5 saturated carbocycles. The van der Waals surface area contributed by atoms with Crippen molar-refractivity contribution in [2.45, 2.75) is 301 Å². The third-order valence-corrected chi connectivity index (χ3v) is 20.6. The zero-order valence-corrected chi connectivity index (χ0v) is 57.0. The van der Waals surface area contributed by atoms with E-state index >= 15 is 0 Å². The Kier molecular flexibility index (Phi) is 17.9. The number of ether oxygens (including phenoxy) is 19. The van der Waals surface area contributed by atoms with Crippen molar-refractivity contribution in [3.05, 3.63) is 24.5 Å². The topological polar surface area (TPSA) is 332 Å². The number of carbonyl (C=O) groups excluding carboxylic acids is 8. The third-order valence-electron chi connectivity index (χ3n) is 19.2. The van der Waals surface area contributed by atoms with E-state index in [9.17, 15) is 43.5 Å². The van der Waals surface area contributed by atoms with Crippen molar-refractivity contribution < 1.29 is 133 Å². The number of alkyl halides is 2. The fourth-order valence-corrected chi connectivity index (χ4v) is 16.3. The number of halogens is 3. The summed E-state index contributed by atoms with van der Waals surface area (Å²) < 4.78 is 107. The number of hydrogen-bond donors (Lipinski definition) is 1. The summed E-state index contributed by atoms with van der Waals surface area (Å²) >= 11 is 10.6. The summed E-state index contributed by atoms with van der Waals surface area (Å²) in [6, 6.07) is 0. The SMILES string of the molecule is C=CCC(=O)O[C@@]12C[C@@H](OC1=O)C1OC(C)(C)O[C@@H]1C2.CC1(C)OC2[C@H]3C[C@@](O)(C[C@H]2O1)C(=O)O3.CC1(C)OC2[C@H]3C[C@@](OC(=O)CBr)(C[C@H]2O1)C(=O)O3.CC1(C)OC2[C@H]3C[C@]4(C[C@H]2O1)OC(=O)C=C4O3.CC1(C)OC2[C@H]3C[C@]4(C[C@H]2O1)OC(=O)C[C@@H]4O3.O=C(Cl)CBr. The van der Waals surface area contributed by atoms with E-state index in [-0.39, 0.29) is 139 Å². The molecular weight excluding hydrogens is 1390 g/mol. The molecule has 21 atom stereocenters. The van der Waals surface area contributed by atoms with Crippen molar-refractivity contribution in [2.24, 2.45) is 0 Å². The van der Waals surface area contributed by atoms with E-state index in [1.54, 1.807) is 0 Å². The highest BCUT2D eigenvalue weighted by Gasteiger charge is 2.70. The van der Waals surface area contributed by atoms with Crippen molar-refractivity contribution in [1.82, 2.24) is 0 Å². The molecule has 12 aliphatic heterocycles. The van der Waals surface area contributed by atoms with Crippen LogP contribution in [0.4, 0.5) is 0 Å². The summed E-state index contributed by atoms with van der Waals surface area (Å²) in [7, 11) is 0. The van der Waals surface area contributed by atoms with E-state index in [4.69, 9.17) is 102 Å².